The molecule has 1 nitrogen and oxygen atoms in total. The van der Waals surface area contributed by atoms with Crippen LogP contribution in [-0.2, 0) is 0 Å². The number of hydrogen-bond donors (Lipinski definition) is 1. The number of hydrogen-bond acceptors (Lipinski definition) is 1. The molecule has 0 bridgehead atoms. The average molecular weight is 217 g/mol. The number of rotatable bonds is 3. The topological polar surface area (TPSA) is 12.0 Å². The molecule has 0 aliphatic heterocycles. The van der Waals surface area contributed by atoms with E-state index in [0.717, 1.165) is 12.8 Å². The largest absolute Gasteiger partial charge is 0.454 e. The minimum atomic E-state index is -5.45. The summed E-state index contributed by atoms with van der Waals surface area (Å²) in [7, 11) is 0. The normalized spacial score (nSPS) is 20.4. The van der Waals surface area contributed by atoms with Crippen molar-refractivity contribution in [3.63, 3.8) is 0 Å². The number of halogens is 5. The molecule has 6 heteroatoms. The first-order valence-electron chi connectivity index (χ1n) is 4.51. The van der Waals surface area contributed by atoms with Crippen LogP contribution < -0.4 is 5.32 Å². The van der Waals surface area contributed by atoms with Crippen LogP contribution in [0.5, 0.6) is 0 Å². The summed E-state index contributed by atoms with van der Waals surface area (Å²) in [5.41, 5.74) is 0. The third-order valence-electron chi connectivity index (χ3n) is 2.38. The Kier molecular flexibility index (Phi) is 3.34. The quantitative estimate of drug-likeness (QED) is 0.717. The molecule has 0 spiro atoms. The summed E-state index contributed by atoms with van der Waals surface area (Å²) in [5, 5.41) is 2.26. The van der Waals surface area contributed by atoms with Crippen molar-refractivity contribution >= 4 is 0 Å². The van der Waals surface area contributed by atoms with Crippen LogP contribution in [0.4, 0.5) is 22.0 Å². The Hall–Kier alpha value is -0.390. The lowest BCUT2D eigenvalue weighted by molar-refractivity contribution is -0.279. The van der Waals surface area contributed by atoms with Gasteiger partial charge in [-0.3, -0.25) is 0 Å². The van der Waals surface area contributed by atoms with Gasteiger partial charge in [0.05, 0.1) is 6.54 Å². The molecule has 1 N–H and O–H groups in total. The summed E-state index contributed by atoms with van der Waals surface area (Å²) in [6.07, 6.45) is -2.27. The zero-order valence-corrected chi connectivity index (χ0v) is 7.50. The van der Waals surface area contributed by atoms with Gasteiger partial charge in [0.2, 0.25) is 0 Å². The molecular weight excluding hydrogens is 205 g/mol. The summed E-state index contributed by atoms with van der Waals surface area (Å²) >= 11 is 0. The fourth-order valence-electron chi connectivity index (χ4n) is 1.50. The van der Waals surface area contributed by atoms with E-state index in [0.29, 0.717) is 12.8 Å². The Morgan fingerprint density at radius 3 is 1.93 bits per heavy atom. The highest BCUT2D eigenvalue weighted by molar-refractivity contribution is 4.82. The van der Waals surface area contributed by atoms with E-state index < -0.39 is 18.6 Å². The molecule has 14 heavy (non-hydrogen) atoms. The lowest BCUT2D eigenvalue weighted by atomic mass is 10.2. The van der Waals surface area contributed by atoms with Gasteiger partial charge in [-0.25, -0.2) is 0 Å². The molecule has 1 rings (SSSR count). The Morgan fingerprint density at radius 1 is 1.00 bits per heavy atom. The van der Waals surface area contributed by atoms with Crippen LogP contribution in [0.15, 0.2) is 0 Å². The van der Waals surface area contributed by atoms with E-state index in [4.69, 9.17) is 0 Å². The van der Waals surface area contributed by atoms with Crippen molar-refractivity contribution in [2.45, 2.75) is 43.8 Å². The Labute approximate surface area is 78.7 Å². The maximum atomic E-state index is 12.4. The molecule has 1 saturated carbocycles. The third-order valence-corrected chi connectivity index (χ3v) is 2.38. The first-order chi connectivity index (χ1) is 6.33. The van der Waals surface area contributed by atoms with Crippen LogP contribution in [0.25, 0.3) is 0 Å². The van der Waals surface area contributed by atoms with Crippen molar-refractivity contribution in [2.75, 3.05) is 6.54 Å². The first-order valence-corrected chi connectivity index (χ1v) is 4.51. The zero-order valence-electron chi connectivity index (χ0n) is 7.50. The summed E-state index contributed by atoms with van der Waals surface area (Å²) in [6, 6.07) is -0.178. The minimum absolute atomic E-state index is 0.178. The van der Waals surface area contributed by atoms with Crippen LogP contribution in [0, 0.1) is 0 Å². The average Bonchev–Trinajstić information content (AvgIpc) is 2.50. The van der Waals surface area contributed by atoms with Crippen LogP contribution in [0.3, 0.4) is 0 Å². The zero-order chi connectivity index (χ0) is 10.8. The lowest BCUT2D eigenvalue weighted by Gasteiger charge is -2.22. The Balaban J connectivity index is 2.35. The molecule has 84 valence electrons. The fourth-order valence-corrected chi connectivity index (χ4v) is 1.50. The second-order valence-corrected chi connectivity index (χ2v) is 3.56. The summed E-state index contributed by atoms with van der Waals surface area (Å²) in [4.78, 5) is 0. The fraction of sp³-hybridized carbons (Fsp3) is 1.00. The minimum Gasteiger partial charge on any atom is -0.308 e. The molecule has 1 fully saturated rings. The van der Waals surface area contributed by atoms with Gasteiger partial charge in [0.15, 0.2) is 0 Å². The van der Waals surface area contributed by atoms with Crippen LogP contribution in [0.1, 0.15) is 25.7 Å². The second-order valence-electron chi connectivity index (χ2n) is 3.56. The maximum absolute atomic E-state index is 12.4. The maximum Gasteiger partial charge on any atom is 0.454 e. The smallest absolute Gasteiger partial charge is 0.308 e. The van der Waals surface area contributed by atoms with Gasteiger partial charge in [-0.1, -0.05) is 12.8 Å². The van der Waals surface area contributed by atoms with E-state index in [1.165, 1.54) is 0 Å². The van der Waals surface area contributed by atoms with Crippen molar-refractivity contribution in [3.8, 4) is 0 Å². The van der Waals surface area contributed by atoms with Crippen molar-refractivity contribution in [3.05, 3.63) is 0 Å². The molecule has 0 atom stereocenters. The number of nitrogens with one attached hydrogen (secondary N) is 1. The van der Waals surface area contributed by atoms with Crippen LogP contribution >= 0.6 is 0 Å². The van der Waals surface area contributed by atoms with Gasteiger partial charge in [-0.15, -0.1) is 0 Å². The molecule has 0 radical (unpaired) electrons. The monoisotopic (exact) mass is 217 g/mol. The van der Waals surface area contributed by atoms with Gasteiger partial charge in [-0.2, -0.15) is 22.0 Å². The summed E-state index contributed by atoms with van der Waals surface area (Å²) in [5.74, 6) is -4.62. The predicted molar refractivity (Wildman–Crippen MR) is 41.3 cm³/mol. The molecule has 0 unspecified atom stereocenters. The Morgan fingerprint density at radius 2 is 1.50 bits per heavy atom. The molecule has 0 saturated heterocycles. The standard InChI is InChI=1S/C8H12F5N/c9-7(10,8(11,12)13)5-14-6-3-1-2-4-6/h6,14H,1-5H2. The van der Waals surface area contributed by atoms with Gasteiger partial charge in [0.1, 0.15) is 0 Å². The highest BCUT2D eigenvalue weighted by atomic mass is 19.4. The van der Waals surface area contributed by atoms with E-state index in [1.54, 1.807) is 0 Å². The molecule has 0 aromatic rings. The van der Waals surface area contributed by atoms with Crippen molar-refractivity contribution < 1.29 is 22.0 Å². The van der Waals surface area contributed by atoms with E-state index in [-0.39, 0.29) is 6.04 Å². The highest BCUT2D eigenvalue weighted by Gasteiger charge is 2.57. The summed E-state index contributed by atoms with van der Waals surface area (Å²) < 4.78 is 59.9. The molecule has 0 heterocycles. The van der Waals surface area contributed by atoms with Gasteiger partial charge >= 0.3 is 12.1 Å². The highest BCUT2D eigenvalue weighted by Crippen LogP contribution is 2.35. The summed E-state index contributed by atoms with van der Waals surface area (Å²) in [6.45, 7) is -1.30. The Bertz CT molecular complexity index is 183. The van der Waals surface area contributed by atoms with E-state index in [9.17, 15) is 22.0 Å². The van der Waals surface area contributed by atoms with E-state index in [1.807, 2.05) is 0 Å². The molecule has 0 aromatic heterocycles. The van der Waals surface area contributed by atoms with Gasteiger partial charge in [0, 0.05) is 6.04 Å². The SMILES string of the molecule is FC(F)(F)C(F)(F)CNC1CCCC1. The van der Waals surface area contributed by atoms with E-state index in [2.05, 4.69) is 5.32 Å². The molecule has 1 aliphatic carbocycles. The number of alkyl halides is 5. The van der Waals surface area contributed by atoms with Gasteiger partial charge in [-0.05, 0) is 12.8 Å². The van der Waals surface area contributed by atoms with Crippen molar-refractivity contribution in [1.29, 1.82) is 0 Å². The molecule has 0 aromatic carbocycles. The third kappa shape index (κ3) is 2.80. The van der Waals surface area contributed by atoms with Gasteiger partial charge < -0.3 is 5.32 Å². The van der Waals surface area contributed by atoms with Gasteiger partial charge in [0.25, 0.3) is 0 Å². The van der Waals surface area contributed by atoms with Crippen LogP contribution in [0.2, 0.25) is 0 Å². The molecule has 1 aliphatic rings. The predicted octanol–water partition coefficient (Wildman–Crippen LogP) is 2.72. The molecule has 0 amide bonds. The second kappa shape index (κ2) is 4.00. The van der Waals surface area contributed by atoms with E-state index >= 15 is 0 Å². The van der Waals surface area contributed by atoms with Crippen LogP contribution in [-0.4, -0.2) is 24.7 Å². The first kappa shape index (κ1) is 11.7. The van der Waals surface area contributed by atoms with Crippen molar-refractivity contribution in [2.24, 2.45) is 0 Å². The van der Waals surface area contributed by atoms with Crippen molar-refractivity contribution in [1.82, 2.24) is 5.32 Å². The lowest BCUT2D eigenvalue weighted by Crippen LogP contribution is -2.47. The molecular formula is C8H12F5N.